The van der Waals surface area contributed by atoms with Gasteiger partial charge in [-0.1, -0.05) is 6.07 Å². The Hall–Kier alpha value is -3.78. The number of aromatic hydroxyl groups is 1. The number of carbonyl (C=O) groups excluding carboxylic acids is 4. The van der Waals surface area contributed by atoms with E-state index in [1.807, 2.05) is 0 Å². The molecule has 39 heavy (non-hydrogen) atoms. The molecule has 0 bridgehead atoms. The molecule has 5 atom stereocenters. The van der Waals surface area contributed by atoms with Crippen molar-refractivity contribution in [1.82, 2.24) is 9.80 Å². The van der Waals surface area contributed by atoms with Gasteiger partial charge in [0.15, 0.2) is 17.1 Å². The fourth-order valence-electron chi connectivity index (χ4n) is 6.02. The number of phenolic OH excluding ortho intramolecular Hbond substituents is 1. The molecular weight excluding hydrogens is 512 g/mol. The average molecular weight is 545 g/mol. The minimum absolute atomic E-state index is 0.0218. The number of fused-ring (bicyclic) bond motifs is 3. The highest BCUT2D eigenvalue weighted by molar-refractivity contribution is 6.25. The number of aliphatic hydroxyl groups is 4. The minimum Gasteiger partial charge on any atom is -0.510 e. The van der Waals surface area contributed by atoms with Crippen LogP contribution < -0.4 is 11.1 Å². The summed E-state index contributed by atoms with van der Waals surface area (Å²) >= 11 is 0. The molecule has 210 valence electrons. The SMILES string of the molecule is CN(C)C(CO)C(=O)Nc1ccc2c(c1O)C(=O)C1=C(O)C3(O)C(=O)C(C(N)=O)=C(O)[C@@H](N(C)C)C3CC1C2. The first-order valence-electron chi connectivity index (χ1n) is 12.3. The first kappa shape index (κ1) is 28.2. The zero-order chi connectivity index (χ0) is 29.1. The molecule has 3 aliphatic rings. The molecule has 1 aromatic carbocycles. The number of allylic oxidation sites excluding steroid dienone is 1. The van der Waals surface area contributed by atoms with Crippen molar-refractivity contribution in [3.8, 4) is 5.75 Å². The lowest BCUT2D eigenvalue weighted by atomic mass is 9.58. The summed E-state index contributed by atoms with van der Waals surface area (Å²) in [5.41, 5.74) is 1.50. The Bertz CT molecular complexity index is 1350. The highest BCUT2D eigenvalue weighted by Gasteiger charge is 2.63. The van der Waals surface area contributed by atoms with Crippen molar-refractivity contribution in [2.45, 2.75) is 30.5 Å². The third-order valence-electron chi connectivity index (χ3n) is 7.95. The minimum atomic E-state index is -2.73. The number of benzene rings is 1. The van der Waals surface area contributed by atoms with Crippen molar-refractivity contribution in [2.75, 3.05) is 40.1 Å². The van der Waals surface area contributed by atoms with Crippen LogP contribution in [-0.4, -0.2) is 111 Å². The lowest BCUT2D eigenvalue weighted by Gasteiger charge is -2.50. The Morgan fingerprint density at radius 3 is 2.33 bits per heavy atom. The highest BCUT2D eigenvalue weighted by Crippen LogP contribution is 2.52. The molecule has 13 nitrogen and oxygen atoms in total. The number of nitrogens with one attached hydrogen (secondary N) is 1. The summed E-state index contributed by atoms with van der Waals surface area (Å²) in [6.07, 6.45) is 0.110. The van der Waals surface area contributed by atoms with E-state index < -0.39 is 82.3 Å². The molecule has 0 radical (unpaired) electrons. The van der Waals surface area contributed by atoms with Crippen LogP contribution >= 0.6 is 0 Å². The standard InChI is InChI=1S/C26H32N4O9/c1-29(2)14(9-31)25(38)28-13-6-5-10-7-11-8-12-18(30(3)4)21(34)17(24(27)37)23(36)26(12,39)22(35)16(11)20(33)15(10)19(13)32/h5-6,11-12,14,18,31-32,34-35,39H,7-9H2,1-4H3,(H2,27,37)(H,28,38)/t11?,12?,14?,18-,26?/m0/s1. The number of Topliss-reactive ketones (excluding diaryl/α,β-unsaturated/α-hetero) is 2. The Morgan fingerprint density at radius 1 is 1.15 bits per heavy atom. The van der Waals surface area contributed by atoms with Crippen LogP contribution in [0.2, 0.25) is 0 Å². The van der Waals surface area contributed by atoms with Crippen molar-refractivity contribution < 1.29 is 44.7 Å². The predicted octanol–water partition coefficient (Wildman–Crippen LogP) is -1.02. The van der Waals surface area contributed by atoms with E-state index in [1.54, 1.807) is 34.3 Å². The predicted molar refractivity (Wildman–Crippen MR) is 137 cm³/mol. The molecule has 2 amide bonds. The topological polar surface area (TPSA) is 214 Å². The maximum Gasteiger partial charge on any atom is 0.255 e. The number of aliphatic hydroxyl groups excluding tert-OH is 3. The van der Waals surface area contributed by atoms with E-state index >= 15 is 0 Å². The zero-order valence-electron chi connectivity index (χ0n) is 21.9. The second kappa shape index (κ2) is 9.75. The average Bonchev–Trinajstić information content (AvgIpc) is 2.83. The van der Waals surface area contributed by atoms with Crippen molar-refractivity contribution >= 4 is 29.1 Å². The first-order valence-corrected chi connectivity index (χ1v) is 12.3. The summed E-state index contributed by atoms with van der Waals surface area (Å²) in [5, 5.41) is 56.7. The summed E-state index contributed by atoms with van der Waals surface area (Å²) in [6, 6.07) is 0.955. The van der Waals surface area contributed by atoms with Gasteiger partial charge in [0.05, 0.1) is 23.9 Å². The first-order chi connectivity index (χ1) is 18.2. The van der Waals surface area contributed by atoms with Gasteiger partial charge in [-0.15, -0.1) is 0 Å². The molecule has 0 saturated heterocycles. The summed E-state index contributed by atoms with van der Waals surface area (Å²) in [7, 11) is 6.27. The fourth-order valence-corrected chi connectivity index (χ4v) is 6.02. The van der Waals surface area contributed by atoms with Gasteiger partial charge < -0.3 is 36.6 Å². The van der Waals surface area contributed by atoms with E-state index in [-0.39, 0.29) is 29.7 Å². The maximum absolute atomic E-state index is 13.7. The number of ketones is 2. The van der Waals surface area contributed by atoms with E-state index in [2.05, 4.69) is 5.32 Å². The van der Waals surface area contributed by atoms with Crippen LogP contribution in [0.3, 0.4) is 0 Å². The van der Waals surface area contributed by atoms with Crippen molar-refractivity contribution in [3.05, 3.63) is 45.9 Å². The number of likely N-dealkylation sites (N-methyl/N-ethyl adjacent to an activating group) is 2. The summed E-state index contributed by atoms with van der Waals surface area (Å²) < 4.78 is 0. The number of nitrogens with zero attached hydrogens (tertiary/aromatic N) is 2. The number of amides is 2. The molecule has 13 heteroatoms. The van der Waals surface area contributed by atoms with Crippen LogP contribution in [0.15, 0.2) is 34.8 Å². The van der Waals surface area contributed by atoms with Crippen LogP contribution in [0, 0.1) is 11.8 Å². The Morgan fingerprint density at radius 2 is 1.79 bits per heavy atom. The van der Waals surface area contributed by atoms with Gasteiger partial charge in [-0.25, -0.2) is 0 Å². The van der Waals surface area contributed by atoms with E-state index in [4.69, 9.17) is 5.73 Å². The van der Waals surface area contributed by atoms with Crippen LogP contribution in [0.4, 0.5) is 5.69 Å². The number of carbonyl (C=O) groups is 4. The molecule has 0 aromatic heterocycles. The van der Waals surface area contributed by atoms with Crippen LogP contribution in [-0.2, 0) is 20.8 Å². The fraction of sp³-hybridized carbons (Fsp3) is 0.462. The largest absolute Gasteiger partial charge is 0.510 e. The Labute approximate surface area is 223 Å². The highest BCUT2D eigenvalue weighted by atomic mass is 16.3. The lowest BCUT2D eigenvalue weighted by Crippen LogP contribution is -2.63. The molecule has 4 rings (SSSR count). The van der Waals surface area contributed by atoms with Crippen LogP contribution in [0.5, 0.6) is 5.75 Å². The molecule has 0 spiro atoms. The molecule has 1 aromatic rings. The molecule has 8 N–H and O–H groups in total. The van der Waals surface area contributed by atoms with Gasteiger partial charge in [0.2, 0.25) is 11.7 Å². The number of hydrogen-bond acceptors (Lipinski definition) is 11. The van der Waals surface area contributed by atoms with Gasteiger partial charge >= 0.3 is 0 Å². The van der Waals surface area contributed by atoms with Gasteiger partial charge in [0.1, 0.15) is 23.1 Å². The monoisotopic (exact) mass is 544 g/mol. The van der Waals surface area contributed by atoms with Gasteiger partial charge in [-0.3, -0.25) is 29.0 Å². The van der Waals surface area contributed by atoms with E-state index in [1.165, 1.54) is 15.9 Å². The molecule has 4 unspecified atom stereocenters. The van der Waals surface area contributed by atoms with Gasteiger partial charge in [-0.2, -0.15) is 0 Å². The molecular formula is C26H32N4O9. The number of anilines is 1. The second-order valence-electron chi connectivity index (χ2n) is 10.6. The van der Waals surface area contributed by atoms with Crippen molar-refractivity contribution in [1.29, 1.82) is 0 Å². The van der Waals surface area contributed by atoms with Crippen LogP contribution in [0.25, 0.3) is 0 Å². The van der Waals surface area contributed by atoms with Crippen molar-refractivity contribution in [2.24, 2.45) is 17.6 Å². The van der Waals surface area contributed by atoms with Gasteiger partial charge in [-0.05, 0) is 58.6 Å². The summed E-state index contributed by atoms with van der Waals surface area (Å²) in [6.45, 7) is -0.495. The molecule has 3 aliphatic carbocycles. The zero-order valence-corrected chi connectivity index (χ0v) is 21.9. The second-order valence-corrected chi connectivity index (χ2v) is 10.6. The van der Waals surface area contributed by atoms with Crippen LogP contribution in [0.1, 0.15) is 22.3 Å². The Balaban J connectivity index is 1.83. The number of nitrogens with two attached hydrogens (primary N) is 1. The van der Waals surface area contributed by atoms with E-state index in [0.717, 1.165) is 0 Å². The van der Waals surface area contributed by atoms with Gasteiger partial charge in [0, 0.05) is 11.5 Å². The third-order valence-corrected chi connectivity index (χ3v) is 7.95. The van der Waals surface area contributed by atoms with E-state index in [0.29, 0.717) is 5.56 Å². The molecule has 0 fully saturated rings. The molecule has 0 heterocycles. The molecule has 0 saturated carbocycles. The smallest absolute Gasteiger partial charge is 0.255 e. The quantitative estimate of drug-likeness (QED) is 0.170. The summed E-state index contributed by atoms with van der Waals surface area (Å²) in [4.78, 5) is 54.6. The maximum atomic E-state index is 13.7. The Kier molecular flexibility index (Phi) is 7.06. The number of phenols is 1. The number of hydrogen-bond donors (Lipinski definition) is 7. The van der Waals surface area contributed by atoms with E-state index in [9.17, 15) is 44.7 Å². The lowest BCUT2D eigenvalue weighted by molar-refractivity contribution is -0.148. The number of rotatable bonds is 6. The van der Waals surface area contributed by atoms with Crippen molar-refractivity contribution in [3.63, 3.8) is 0 Å². The number of primary amides is 1. The normalized spacial score (nSPS) is 27.3. The third kappa shape index (κ3) is 4.09. The molecule has 0 aliphatic heterocycles. The van der Waals surface area contributed by atoms with Gasteiger partial charge in [0.25, 0.3) is 5.91 Å². The summed E-state index contributed by atoms with van der Waals surface area (Å²) in [5.74, 6) is -8.10.